The highest BCUT2D eigenvalue weighted by Crippen LogP contribution is 2.19. The van der Waals surface area contributed by atoms with E-state index in [0.29, 0.717) is 18.8 Å². The quantitative estimate of drug-likeness (QED) is 0.741. The van der Waals surface area contributed by atoms with Gasteiger partial charge in [0, 0.05) is 6.04 Å². The summed E-state index contributed by atoms with van der Waals surface area (Å²) in [5.74, 6) is 0.0502. The monoisotopic (exact) mass is 239 g/mol. The third-order valence-electron chi connectivity index (χ3n) is 2.56. The predicted molar refractivity (Wildman–Crippen MR) is 68.8 cm³/mol. The maximum absolute atomic E-state index is 13.6. The number of hydrogen-bond donors (Lipinski definition) is 1. The second-order valence-corrected chi connectivity index (χ2v) is 4.50. The van der Waals surface area contributed by atoms with E-state index in [2.05, 4.69) is 6.92 Å². The zero-order valence-corrected chi connectivity index (χ0v) is 10.7. The maximum Gasteiger partial charge on any atom is 0.165 e. The Labute approximate surface area is 103 Å². The summed E-state index contributed by atoms with van der Waals surface area (Å²) in [6.07, 6.45) is 3.91. The summed E-state index contributed by atoms with van der Waals surface area (Å²) in [7, 11) is 0. The smallest absolute Gasteiger partial charge is 0.165 e. The second kappa shape index (κ2) is 7.28. The van der Waals surface area contributed by atoms with Crippen molar-refractivity contribution in [2.45, 2.75) is 45.6 Å². The molecule has 1 aromatic carbocycles. The van der Waals surface area contributed by atoms with Gasteiger partial charge in [-0.15, -0.1) is 0 Å². The number of ether oxygens (including phenoxy) is 1. The summed E-state index contributed by atoms with van der Waals surface area (Å²) in [5, 5.41) is 0. The van der Waals surface area contributed by atoms with Crippen molar-refractivity contribution in [2.75, 3.05) is 6.61 Å². The summed E-state index contributed by atoms with van der Waals surface area (Å²) in [4.78, 5) is 0. The molecule has 0 aliphatic carbocycles. The van der Waals surface area contributed by atoms with Crippen molar-refractivity contribution in [1.82, 2.24) is 0 Å². The van der Waals surface area contributed by atoms with Gasteiger partial charge in [0.1, 0.15) is 0 Å². The van der Waals surface area contributed by atoms with E-state index < -0.39 is 0 Å². The summed E-state index contributed by atoms with van der Waals surface area (Å²) in [5.41, 5.74) is 6.59. The molecule has 0 heterocycles. The molecule has 2 nitrogen and oxygen atoms in total. The minimum atomic E-state index is -0.292. The van der Waals surface area contributed by atoms with Gasteiger partial charge in [0.25, 0.3) is 0 Å². The fourth-order valence-corrected chi connectivity index (χ4v) is 1.69. The molecule has 0 saturated heterocycles. The van der Waals surface area contributed by atoms with E-state index in [9.17, 15) is 4.39 Å². The molecule has 0 spiro atoms. The van der Waals surface area contributed by atoms with Crippen LogP contribution in [0.5, 0.6) is 5.75 Å². The zero-order chi connectivity index (χ0) is 12.7. The first-order valence-electron chi connectivity index (χ1n) is 6.30. The molecule has 0 saturated carbocycles. The fraction of sp³-hybridized carbons (Fsp3) is 0.571. The first kappa shape index (κ1) is 14.0. The van der Waals surface area contributed by atoms with E-state index in [4.69, 9.17) is 10.5 Å². The molecule has 96 valence electrons. The van der Waals surface area contributed by atoms with Gasteiger partial charge in [-0.05, 0) is 37.5 Å². The van der Waals surface area contributed by atoms with Crippen molar-refractivity contribution in [1.29, 1.82) is 0 Å². The van der Waals surface area contributed by atoms with Crippen LogP contribution in [0.2, 0.25) is 0 Å². The normalized spacial score (nSPS) is 12.5. The molecule has 1 unspecified atom stereocenters. The molecular weight excluding hydrogens is 217 g/mol. The number of benzene rings is 1. The van der Waals surface area contributed by atoms with Crippen molar-refractivity contribution in [3.63, 3.8) is 0 Å². The van der Waals surface area contributed by atoms with Crippen molar-refractivity contribution in [2.24, 2.45) is 5.73 Å². The minimum Gasteiger partial charge on any atom is -0.491 e. The lowest BCUT2D eigenvalue weighted by Crippen LogP contribution is -2.17. The molecule has 3 heteroatoms. The maximum atomic E-state index is 13.6. The van der Waals surface area contributed by atoms with Crippen LogP contribution in [-0.2, 0) is 6.42 Å². The van der Waals surface area contributed by atoms with Crippen molar-refractivity contribution in [3.8, 4) is 5.75 Å². The topological polar surface area (TPSA) is 35.2 Å². The predicted octanol–water partition coefficient (Wildman–Crippen LogP) is 3.28. The molecule has 0 amide bonds. The lowest BCUT2D eigenvalue weighted by atomic mass is 10.1. The van der Waals surface area contributed by atoms with Crippen LogP contribution in [-0.4, -0.2) is 12.6 Å². The fourth-order valence-electron chi connectivity index (χ4n) is 1.69. The lowest BCUT2D eigenvalue weighted by molar-refractivity contribution is 0.291. The third-order valence-corrected chi connectivity index (χ3v) is 2.56. The van der Waals surface area contributed by atoms with E-state index in [1.165, 1.54) is 6.07 Å². The van der Waals surface area contributed by atoms with E-state index in [0.717, 1.165) is 24.8 Å². The Morgan fingerprint density at radius 1 is 1.35 bits per heavy atom. The Kier molecular flexibility index (Phi) is 5.98. The summed E-state index contributed by atoms with van der Waals surface area (Å²) >= 11 is 0. The first-order valence-corrected chi connectivity index (χ1v) is 6.30. The second-order valence-electron chi connectivity index (χ2n) is 4.50. The number of hydrogen-bond acceptors (Lipinski definition) is 2. The number of nitrogens with two attached hydrogens (primary N) is 1. The molecule has 0 aliphatic rings. The largest absolute Gasteiger partial charge is 0.491 e. The molecule has 0 aromatic heterocycles. The minimum absolute atomic E-state index is 0.0470. The van der Waals surface area contributed by atoms with Crippen molar-refractivity contribution < 1.29 is 9.13 Å². The number of unbranched alkanes of at least 4 members (excludes halogenated alkanes) is 2. The summed E-state index contributed by atoms with van der Waals surface area (Å²) in [6, 6.07) is 5.13. The average molecular weight is 239 g/mol. The Morgan fingerprint density at radius 3 is 2.71 bits per heavy atom. The Balaban J connectivity index is 2.51. The Morgan fingerprint density at radius 2 is 2.12 bits per heavy atom. The van der Waals surface area contributed by atoms with Crippen LogP contribution in [0.3, 0.4) is 0 Å². The van der Waals surface area contributed by atoms with Gasteiger partial charge >= 0.3 is 0 Å². The number of halogens is 1. The zero-order valence-electron chi connectivity index (χ0n) is 10.7. The molecule has 1 atom stereocenters. The SMILES string of the molecule is CCCCCOc1ccc(CC(C)N)cc1F. The molecule has 0 aliphatic heterocycles. The molecule has 0 radical (unpaired) electrons. The van der Waals surface area contributed by atoms with Gasteiger partial charge in [-0.25, -0.2) is 4.39 Å². The van der Waals surface area contributed by atoms with Gasteiger partial charge in [0.2, 0.25) is 0 Å². The van der Waals surface area contributed by atoms with Crippen LogP contribution in [0.1, 0.15) is 38.7 Å². The molecule has 0 fully saturated rings. The number of rotatable bonds is 7. The van der Waals surface area contributed by atoms with Gasteiger partial charge < -0.3 is 10.5 Å². The standard InChI is InChI=1S/C14H22FNO/c1-3-4-5-8-17-14-7-6-12(9-11(2)16)10-13(14)15/h6-7,10-11H,3-5,8-9,16H2,1-2H3. The van der Waals surface area contributed by atoms with Crippen LogP contribution < -0.4 is 10.5 Å². The van der Waals surface area contributed by atoms with Crippen LogP contribution in [0, 0.1) is 5.82 Å². The van der Waals surface area contributed by atoms with Gasteiger partial charge in [-0.3, -0.25) is 0 Å². The van der Waals surface area contributed by atoms with Crippen LogP contribution in [0.15, 0.2) is 18.2 Å². The van der Waals surface area contributed by atoms with Gasteiger partial charge in [0.05, 0.1) is 6.61 Å². The van der Waals surface area contributed by atoms with Crippen LogP contribution in [0.4, 0.5) is 4.39 Å². The van der Waals surface area contributed by atoms with E-state index in [1.54, 1.807) is 6.07 Å². The highest BCUT2D eigenvalue weighted by Gasteiger charge is 2.06. The van der Waals surface area contributed by atoms with Crippen LogP contribution >= 0.6 is 0 Å². The van der Waals surface area contributed by atoms with Crippen LogP contribution in [0.25, 0.3) is 0 Å². The van der Waals surface area contributed by atoms with Gasteiger partial charge in [0.15, 0.2) is 11.6 Å². The Hall–Kier alpha value is -1.09. The van der Waals surface area contributed by atoms with E-state index in [1.807, 2.05) is 13.0 Å². The third kappa shape index (κ3) is 5.18. The lowest BCUT2D eigenvalue weighted by Gasteiger charge is -2.09. The summed E-state index contributed by atoms with van der Waals surface area (Å²) in [6.45, 7) is 4.62. The van der Waals surface area contributed by atoms with Crippen molar-refractivity contribution >= 4 is 0 Å². The molecule has 17 heavy (non-hydrogen) atoms. The highest BCUT2D eigenvalue weighted by atomic mass is 19.1. The Bertz CT molecular complexity index is 339. The molecule has 2 N–H and O–H groups in total. The van der Waals surface area contributed by atoms with Crippen molar-refractivity contribution in [3.05, 3.63) is 29.6 Å². The van der Waals surface area contributed by atoms with Gasteiger partial charge in [-0.2, -0.15) is 0 Å². The average Bonchev–Trinajstić information content (AvgIpc) is 2.26. The molecule has 1 aromatic rings. The van der Waals surface area contributed by atoms with Gasteiger partial charge in [-0.1, -0.05) is 25.8 Å². The molecule has 1 rings (SSSR count). The summed E-state index contributed by atoms with van der Waals surface area (Å²) < 4.78 is 19.0. The molecule has 0 bridgehead atoms. The highest BCUT2D eigenvalue weighted by molar-refractivity contribution is 5.29. The van der Waals surface area contributed by atoms with E-state index >= 15 is 0 Å². The van der Waals surface area contributed by atoms with E-state index in [-0.39, 0.29) is 11.9 Å². The first-order chi connectivity index (χ1) is 8.13. The molecular formula is C14H22FNO.